The number of benzene rings is 1. The van der Waals surface area contributed by atoms with Gasteiger partial charge in [-0.1, -0.05) is 31.2 Å². The Hall–Kier alpha value is -2.13. The number of hydrogen-bond acceptors (Lipinski definition) is 3. The molecule has 0 radical (unpaired) electrons. The molecule has 3 heteroatoms. The molecule has 0 bridgehead atoms. The van der Waals surface area contributed by atoms with Gasteiger partial charge in [0, 0.05) is 36.2 Å². The van der Waals surface area contributed by atoms with Gasteiger partial charge in [0.15, 0.2) is 0 Å². The molecule has 0 amide bonds. The lowest BCUT2D eigenvalue weighted by Gasteiger charge is -2.13. The van der Waals surface area contributed by atoms with E-state index in [-0.39, 0.29) is 6.04 Å². The number of fused-ring (bicyclic) bond motifs is 1. The summed E-state index contributed by atoms with van der Waals surface area (Å²) in [6.45, 7) is 5.05. The second-order valence-corrected chi connectivity index (χ2v) is 5.21. The van der Waals surface area contributed by atoms with E-state index in [1.54, 1.807) is 0 Å². The van der Waals surface area contributed by atoms with Crippen molar-refractivity contribution in [3.05, 3.63) is 65.7 Å². The molecule has 1 N–H and O–H groups in total. The van der Waals surface area contributed by atoms with Crippen molar-refractivity contribution in [1.29, 1.82) is 0 Å². The Morgan fingerprint density at radius 1 is 1.14 bits per heavy atom. The van der Waals surface area contributed by atoms with Crippen molar-refractivity contribution in [2.75, 3.05) is 0 Å². The van der Waals surface area contributed by atoms with Crippen molar-refractivity contribution in [3.8, 4) is 0 Å². The van der Waals surface area contributed by atoms with Crippen LogP contribution in [0.25, 0.3) is 11.0 Å². The monoisotopic (exact) mass is 280 g/mol. The molecule has 0 saturated carbocycles. The van der Waals surface area contributed by atoms with Gasteiger partial charge in [-0.2, -0.15) is 0 Å². The van der Waals surface area contributed by atoms with Gasteiger partial charge in [-0.25, -0.2) is 0 Å². The van der Waals surface area contributed by atoms with Crippen LogP contribution < -0.4 is 5.32 Å². The number of furan rings is 1. The predicted molar refractivity (Wildman–Crippen MR) is 85.1 cm³/mol. The van der Waals surface area contributed by atoms with Crippen molar-refractivity contribution in [2.24, 2.45) is 0 Å². The van der Waals surface area contributed by atoms with Gasteiger partial charge in [0.25, 0.3) is 0 Å². The molecule has 0 aliphatic rings. The molecule has 2 aromatic heterocycles. The Labute approximate surface area is 125 Å². The Bertz CT molecular complexity index is 718. The first-order valence-electron chi connectivity index (χ1n) is 7.43. The van der Waals surface area contributed by atoms with Crippen LogP contribution in [0.3, 0.4) is 0 Å². The summed E-state index contributed by atoms with van der Waals surface area (Å²) < 4.78 is 5.93. The Morgan fingerprint density at radius 2 is 1.95 bits per heavy atom. The maximum atomic E-state index is 5.93. The first-order chi connectivity index (χ1) is 10.3. The van der Waals surface area contributed by atoms with Crippen molar-refractivity contribution >= 4 is 11.0 Å². The van der Waals surface area contributed by atoms with Crippen molar-refractivity contribution in [1.82, 2.24) is 10.3 Å². The second-order valence-electron chi connectivity index (χ2n) is 5.21. The lowest BCUT2D eigenvalue weighted by atomic mass is 10.1. The Balaban J connectivity index is 1.82. The van der Waals surface area contributed by atoms with Gasteiger partial charge in [-0.15, -0.1) is 0 Å². The first kappa shape index (κ1) is 13.8. The Kier molecular flexibility index (Phi) is 4.02. The zero-order valence-corrected chi connectivity index (χ0v) is 12.5. The number of aromatic nitrogens is 1. The molecule has 3 nitrogen and oxygen atoms in total. The summed E-state index contributed by atoms with van der Waals surface area (Å²) in [5.74, 6) is 1.07. The molecule has 1 aromatic carbocycles. The van der Waals surface area contributed by atoms with E-state index >= 15 is 0 Å². The average Bonchev–Trinajstić information content (AvgIpc) is 2.91. The number of pyridine rings is 1. The fourth-order valence-corrected chi connectivity index (χ4v) is 2.62. The summed E-state index contributed by atoms with van der Waals surface area (Å²) in [5, 5.41) is 4.75. The van der Waals surface area contributed by atoms with E-state index in [4.69, 9.17) is 4.42 Å². The molecule has 0 spiro atoms. The zero-order chi connectivity index (χ0) is 14.7. The van der Waals surface area contributed by atoms with E-state index in [0.29, 0.717) is 0 Å². The van der Waals surface area contributed by atoms with Gasteiger partial charge in [0.05, 0.1) is 5.69 Å². The van der Waals surface area contributed by atoms with Crippen LogP contribution in [0.5, 0.6) is 0 Å². The SMILES string of the molecule is CCc1oc2ccccc2c1CNC(C)c1ccccn1. The highest BCUT2D eigenvalue weighted by atomic mass is 16.3. The van der Waals surface area contributed by atoms with Crippen molar-refractivity contribution < 1.29 is 4.42 Å². The smallest absolute Gasteiger partial charge is 0.134 e. The molecule has 0 aliphatic heterocycles. The summed E-state index contributed by atoms with van der Waals surface area (Å²) in [6, 6.07) is 14.4. The van der Waals surface area contributed by atoms with Crippen LogP contribution >= 0.6 is 0 Å². The first-order valence-corrected chi connectivity index (χ1v) is 7.43. The van der Waals surface area contributed by atoms with Gasteiger partial charge in [0.2, 0.25) is 0 Å². The third-order valence-electron chi connectivity index (χ3n) is 3.82. The average molecular weight is 280 g/mol. The molecule has 1 atom stereocenters. The van der Waals surface area contributed by atoms with Crippen LogP contribution in [-0.4, -0.2) is 4.98 Å². The van der Waals surface area contributed by atoms with Crippen LogP contribution in [-0.2, 0) is 13.0 Å². The van der Waals surface area contributed by atoms with Crippen LogP contribution in [0.1, 0.15) is 36.9 Å². The molecular formula is C18H20N2O. The number of hydrogen-bond donors (Lipinski definition) is 1. The fourth-order valence-electron chi connectivity index (χ4n) is 2.62. The molecular weight excluding hydrogens is 260 g/mol. The predicted octanol–water partition coefficient (Wildman–Crippen LogP) is 4.24. The molecule has 0 aliphatic carbocycles. The van der Waals surface area contributed by atoms with Crippen LogP contribution in [0.2, 0.25) is 0 Å². The highest BCUT2D eigenvalue weighted by Crippen LogP contribution is 2.26. The number of para-hydroxylation sites is 1. The summed E-state index contributed by atoms with van der Waals surface area (Å²) in [5.41, 5.74) is 3.29. The van der Waals surface area contributed by atoms with E-state index in [1.807, 2.05) is 36.5 Å². The van der Waals surface area contributed by atoms with Crippen molar-refractivity contribution in [2.45, 2.75) is 32.9 Å². The maximum Gasteiger partial charge on any atom is 0.134 e. The van der Waals surface area contributed by atoms with Crippen LogP contribution in [0, 0.1) is 0 Å². The van der Waals surface area contributed by atoms with E-state index < -0.39 is 0 Å². The van der Waals surface area contributed by atoms with Gasteiger partial charge in [0.1, 0.15) is 11.3 Å². The highest BCUT2D eigenvalue weighted by Gasteiger charge is 2.13. The second kappa shape index (κ2) is 6.10. The van der Waals surface area contributed by atoms with E-state index in [9.17, 15) is 0 Å². The minimum absolute atomic E-state index is 0.213. The third-order valence-corrected chi connectivity index (χ3v) is 3.82. The van der Waals surface area contributed by atoms with Crippen molar-refractivity contribution in [3.63, 3.8) is 0 Å². The minimum atomic E-state index is 0.213. The molecule has 3 rings (SSSR count). The maximum absolute atomic E-state index is 5.93. The summed E-state index contributed by atoms with van der Waals surface area (Å²) in [7, 11) is 0. The van der Waals surface area contributed by atoms with Gasteiger partial charge in [-0.05, 0) is 25.1 Å². The normalized spacial score (nSPS) is 12.7. The summed E-state index contributed by atoms with van der Waals surface area (Å²) >= 11 is 0. The number of rotatable bonds is 5. The van der Waals surface area contributed by atoms with E-state index in [1.165, 1.54) is 10.9 Å². The molecule has 0 fully saturated rings. The molecule has 3 aromatic rings. The third kappa shape index (κ3) is 2.83. The topological polar surface area (TPSA) is 38.1 Å². The Morgan fingerprint density at radius 3 is 2.71 bits per heavy atom. The molecule has 0 saturated heterocycles. The zero-order valence-electron chi connectivity index (χ0n) is 12.5. The molecule has 2 heterocycles. The largest absolute Gasteiger partial charge is 0.461 e. The van der Waals surface area contributed by atoms with E-state index in [0.717, 1.165) is 30.0 Å². The summed E-state index contributed by atoms with van der Waals surface area (Å²) in [6.07, 6.45) is 2.74. The van der Waals surface area contributed by atoms with Crippen LogP contribution in [0.4, 0.5) is 0 Å². The number of nitrogens with zero attached hydrogens (tertiary/aromatic N) is 1. The number of aryl methyl sites for hydroxylation is 1. The van der Waals surface area contributed by atoms with Gasteiger partial charge < -0.3 is 9.73 Å². The molecule has 108 valence electrons. The lowest BCUT2D eigenvalue weighted by Crippen LogP contribution is -2.19. The minimum Gasteiger partial charge on any atom is -0.461 e. The number of nitrogens with one attached hydrogen (secondary N) is 1. The van der Waals surface area contributed by atoms with Gasteiger partial charge >= 0.3 is 0 Å². The van der Waals surface area contributed by atoms with Crippen LogP contribution in [0.15, 0.2) is 53.1 Å². The lowest BCUT2D eigenvalue weighted by molar-refractivity contribution is 0.526. The molecule has 21 heavy (non-hydrogen) atoms. The fraction of sp³-hybridized carbons (Fsp3) is 0.278. The standard InChI is InChI=1S/C18H20N2O/c1-3-17-15(14-8-4-5-10-18(14)21-17)12-20-13(2)16-9-6-7-11-19-16/h4-11,13,20H,3,12H2,1-2H3. The highest BCUT2D eigenvalue weighted by molar-refractivity contribution is 5.82. The summed E-state index contributed by atoms with van der Waals surface area (Å²) in [4.78, 5) is 4.40. The molecule has 1 unspecified atom stereocenters. The van der Waals surface area contributed by atoms with Gasteiger partial charge in [-0.3, -0.25) is 4.98 Å². The quantitative estimate of drug-likeness (QED) is 0.759. The van der Waals surface area contributed by atoms with E-state index in [2.05, 4.69) is 36.3 Å².